The molecule has 9 aromatic rings. The minimum Gasteiger partial charge on any atom is -0.455 e. The highest BCUT2D eigenvalue weighted by molar-refractivity contribution is 7.26. The molecule has 0 spiro atoms. The van der Waals surface area contributed by atoms with Crippen molar-refractivity contribution in [3.05, 3.63) is 181 Å². The summed E-state index contributed by atoms with van der Waals surface area (Å²) in [6.45, 7) is 0. The molecule has 1 aliphatic carbocycles. The Balaban J connectivity index is 1.000. The molecule has 3 atom stereocenters. The number of thiophene rings is 1. The van der Waals surface area contributed by atoms with Gasteiger partial charge in [-0.05, 0) is 64.4 Å². The summed E-state index contributed by atoms with van der Waals surface area (Å²) in [6, 6.07) is 52.6. The van der Waals surface area contributed by atoms with Crippen molar-refractivity contribution in [3.63, 3.8) is 0 Å². The molecule has 258 valence electrons. The van der Waals surface area contributed by atoms with Crippen LogP contribution >= 0.6 is 11.3 Å². The van der Waals surface area contributed by atoms with Crippen LogP contribution in [-0.4, -0.2) is 5.84 Å². The predicted molar refractivity (Wildman–Crippen MR) is 226 cm³/mol. The first-order valence-electron chi connectivity index (χ1n) is 18.7. The van der Waals surface area contributed by atoms with Crippen LogP contribution in [0, 0.1) is 5.92 Å². The summed E-state index contributed by atoms with van der Waals surface area (Å²) in [5.74, 6) is 1.36. The van der Waals surface area contributed by atoms with Crippen molar-refractivity contribution < 1.29 is 9.41 Å². The Bertz CT molecular complexity index is 3000. The number of benzene rings is 7. The quantitative estimate of drug-likeness (QED) is 0.166. The lowest BCUT2D eigenvalue weighted by Gasteiger charge is -2.29. The minimum atomic E-state index is -0.134. The number of hydrogen-bond donors (Lipinski definition) is 3. The number of allylic oxidation sites excluding steroid dienone is 3. The van der Waals surface area contributed by atoms with Gasteiger partial charge in [0.15, 0.2) is 12.3 Å². The molecule has 3 heterocycles. The van der Waals surface area contributed by atoms with Crippen molar-refractivity contribution in [2.24, 2.45) is 5.92 Å². The van der Waals surface area contributed by atoms with Gasteiger partial charge in [0.25, 0.3) is 5.84 Å². The van der Waals surface area contributed by atoms with Gasteiger partial charge in [0.1, 0.15) is 11.2 Å². The van der Waals surface area contributed by atoms with E-state index in [4.69, 9.17) is 4.42 Å². The van der Waals surface area contributed by atoms with Gasteiger partial charge in [0.05, 0.1) is 5.92 Å². The summed E-state index contributed by atoms with van der Waals surface area (Å²) >= 11 is 1.86. The van der Waals surface area contributed by atoms with E-state index in [1.54, 1.807) is 0 Å². The largest absolute Gasteiger partial charge is 0.455 e. The molecule has 5 heteroatoms. The van der Waals surface area contributed by atoms with E-state index in [1.165, 1.54) is 58.9 Å². The van der Waals surface area contributed by atoms with Crippen molar-refractivity contribution >= 4 is 70.1 Å². The molecule has 0 saturated carbocycles. The second kappa shape index (κ2) is 12.7. The molecule has 7 aromatic carbocycles. The van der Waals surface area contributed by atoms with Crippen LogP contribution in [0.5, 0.6) is 0 Å². The summed E-state index contributed by atoms with van der Waals surface area (Å²) in [5.41, 5.74) is 9.03. The molecule has 54 heavy (non-hydrogen) atoms. The third kappa shape index (κ3) is 5.19. The molecule has 2 aromatic heterocycles. The highest BCUT2D eigenvalue weighted by atomic mass is 32.1. The van der Waals surface area contributed by atoms with E-state index in [0.29, 0.717) is 0 Å². The van der Waals surface area contributed by atoms with Gasteiger partial charge >= 0.3 is 0 Å². The maximum absolute atomic E-state index is 6.83. The van der Waals surface area contributed by atoms with E-state index >= 15 is 0 Å². The van der Waals surface area contributed by atoms with Crippen LogP contribution in [0.2, 0.25) is 0 Å². The van der Waals surface area contributed by atoms with E-state index in [0.717, 1.165) is 39.6 Å². The lowest BCUT2D eigenvalue weighted by Crippen LogP contribution is -2.85. The summed E-state index contributed by atoms with van der Waals surface area (Å²) in [6.07, 6.45) is 9.53. The molecule has 0 fully saturated rings. The van der Waals surface area contributed by atoms with E-state index in [-0.39, 0.29) is 18.2 Å². The normalized spacial score (nSPS) is 18.5. The lowest BCUT2D eigenvalue weighted by atomic mass is 9.95. The van der Waals surface area contributed by atoms with E-state index in [2.05, 4.69) is 186 Å². The Hall–Kier alpha value is -6.27. The summed E-state index contributed by atoms with van der Waals surface area (Å²) < 4.78 is 9.46. The van der Waals surface area contributed by atoms with Crippen LogP contribution in [0.15, 0.2) is 174 Å². The van der Waals surface area contributed by atoms with Crippen LogP contribution in [0.1, 0.15) is 29.9 Å². The van der Waals surface area contributed by atoms with Crippen molar-refractivity contribution in [2.45, 2.75) is 18.8 Å². The molecular weight excluding hydrogens is 679 g/mol. The molecule has 0 bridgehead atoms. The second-order valence-corrected chi connectivity index (χ2v) is 15.4. The van der Waals surface area contributed by atoms with Gasteiger partial charge in [-0.25, -0.2) is 5.32 Å². The SMILES string of the molecule is C1=CCC(C2=[NH+]C(c3cccc(-c4ccccc4)c3)NC(c3cccc4c3ccc3c5ccc(-c6cccc7c6sc6ccccc67)cc5oc43)N2)C=C1. The Labute approximate surface area is 316 Å². The van der Waals surface area contributed by atoms with Crippen molar-refractivity contribution in [2.75, 3.05) is 0 Å². The van der Waals surface area contributed by atoms with Crippen molar-refractivity contribution in [3.8, 4) is 22.3 Å². The maximum Gasteiger partial charge on any atom is 0.253 e. The number of hydrogen-bond acceptors (Lipinski definition) is 4. The zero-order chi connectivity index (χ0) is 35.6. The second-order valence-electron chi connectivity index (χ2n) is 14.4. The Morgan fingerprint density at radius 2 is 1.39 bits per heavy atom. The van der Waals surface area contributed by atoms with Gasteiger partial charge in [-0.3, -0.25) is 10.3 Å². The standard InChI is InChI=1S/C49H35N3OS/c1-3-12-30(13-4-1)32-16-9-17-34(28-32)48-50-47(31-14-5-2-6-15-31)51-49(52-48)42-22-11-20-39-36(42)26-27-40-37-25-24-33(29-43(37)53-45(39)40)35-19-10-21-41-38-18-7-8-23-44(38)54-46(35)41/h1-14,16-29,31,48-49,52H,15H2,(H,50,51)/p+1. The molecule has 3 N–H and O–H groups in total. The lowest BCUT2D eigenvalue weighted by molar-refractivity contribution is -0.530. The predicted octanol–water partition coefficient (Wildman–Crippen LogP) is 10.9. The monoisotopic (exact) mass is 714 g/mol. The van der Waals surface area contributed by atoms with Crippen LogP contribution in [0.3, 0.4) is 0 Å². The van der Waals surface area contributed by atoms with Crippen molar-refractivity contribution in [1.29, 1.82) is 0 Å². The average Bonchev–Trinajstić information content (AvgIpc) is 3.82. The average molecular weight is 715 g/mol. The van der Waals surface area contributed by atoms with E-state index in [9.17, 15) is 0 Å². The molecule has 2 aliphatic rings. The summed E-state index contributed by atoms with van der Waals surface area (Å²) in [4.78, 5) is 3.84. The molecule has 0 radical (unpaired) electrons. The van der Waals surface area contributed by atoms with Crippen LogP contribution in [0.4, 0.5) is 0 Å². The Morgan fingerprint density at radius 3 is 2.31 bits per heavy atom. The Kier molecular flexibility index (Phi) is 7.35. The fraction of sp³-hybridized carbons (Fsp3) is 0.0816. The van der Waals surface area contributed by atoms with Crippen LogP contribution < -0.4 is 15.6 Å². The fourth-order valence-electron chi connectivity index (χ4n) is 8.50. The molecule has 0 saturated heterocycles. The first kappa shape index (κ1) is 31.3. The molecular formula is C49H36N3OS+. The van der Waals surface area contributed by atoms with Gasteiger partial charge in [-0.15, -0.1) is 11.3 Å². The number of rotatable bonds is 5. The van der Waals surface area contributed by atoms with Gasteiger partial charge < -0.3 is 4.42 Å². The van der Waals surface area contributed by atoms with Gasteiger partial charge in [0.2, 0.25) is 0 Å². The first-order valence-corrected chi connectivity index (χ1v) is 19.5. The van der Waals surface area contributed by atoms with Crippen LogP contribution in [-0.2, 0) is 0 Å². The van der Waals surface area contributed by atoms with Gasteiger partial charge in [0, 0.05) is 47.5 Å². The highest BCUT2D eigenvalue weighted by Gasteiger charge is 2.34. The van der Waals surface area contributed by atoms with Crippen LogP contribution in [0.25, 0.3) is 75.1 Å². The van der Waals surface area contributed by atoms with E-state index < -0.39 is 0 Å². The first-order chi connectivity index (χ1) is 26.7. The van der Waals surface area contributed by atoms with E-state index in [1.807, 2.05) is 11.3 Å². The smallest absolute Gasteiger partial charge is 0.253 e. The maximum atomic E-state index is 6.83. The number of furan rings is 1. The fourth-order valence-corrected chi connectivity index (χ4v) is 9.73. The van der Waals surface area contributed by atoms with Gasteiger partial charge in [-0.1, -0.05) is 140 Å². The molecule has 11 rings (SSSR count). The topological polar surface area (TPSA) is 51.2 Å². The molecule has 1 aliphatic heterocycles. The van der Waals surface area contributed by atoms with Gasteiger partial charge in [-0.2, -0.15) is 0 Å². The zero-order valence-electron chi connectivity index (χ0n) is 29.4. The number of amidine groups is 1. The molecule has 4 nitrogen and oxygen atoms in total. The Morgan fingerprint density at radius 1 is 0.611 bits per heavy atom. The highest BCUT2D eigenvalue weighted by Crippen LogP contribution is 2.42. The third-order valence-corrected chi connectivity index (χ3v) is 12.4. The minimum absolute atomic E-state index is 0.0942. The number of fused-ring (bicyclic) bond motifs is 8. The third-order valence-electron chi connectivity index (χ3n) is 11.2. The summed E-state index contributed by atoms with van der Waals surface area (Å²) in [5, 5.41) is 15.0. The zero-order valence-corrected chi connectivity index (χ0v) is 30.2. The number of nitrogens with one attached hydrogen (secondary N) is 3. The van der Waals surface area contributed by atoms with Crippen molar-refractivity contribution in [1.82, 2.24) is 10.6 Å². The summed E-state index contributed by atoms with van der Waals surface area (Å²) in [7, 11) is 0. The molecule has 3 unspecified atom stereocenters. The molecule has 0 amide bonds.